The van der Waals surface area contributed by atoms with E-state index in [2.05, 4.69) is 32.4 Å². The van der Waals surface area contributed by atoms with Gasteiger partial charge in [-0.2, -0.15) is 0 Å². The summed E-state index contributed by atoms with van der Waals surface area (Å²) >= 11 is 1.52. The molecule has 22 heavy (non-hydrogen) atoms. The lowest BCUT2D eigenvalue weighted by atomic mass is 10.0. The highest BCUT2D eigenvalue weighted by Crippen LogP contribution is 2.24. The molecule has 5 nitrogen and oxygen atoms in total. The van der Waals surface area contributed by atoms with Crippen LogP contribution in [0.1, 0.15) is 23.7 Å². The van der Waals surface area contributed by atoms with E-state index in [9.17, 15) is 0 Å². The standard InChI is InChI=1S/C16H17N5S/c17-13(7-6-12-4-2-1-3-5-12)14-11-22-16(20-14)21-15-10-18-8-9-19-15/h1-5,8-11,13H,6-7,17H2,(H,19,20,21). The summed E-state index contributed by atoms with van der Waals surface area (Å²) in [6, 6.07) is 10.3. The Morgan fingerprint density at radius 1 is 1.18 bits per heavy atom. The van der Waals surface area contributed by atoms with Crippen LogP contribution in [0, 0.1) is 0 Å². The van der Waals surface area contributed by atoms with Crippen LogP contribution in [0.5, 0.6) is 0 Å². The molecule has 0 aliphatic carbocycles. The van der Waals surface area contributed by atoms with Crippen LogP contribution < -0.4 is 11.1 Å². The molecule has 2 heterocycles. The first-order valence-corrected chi connectivity index (χ1v) is 7.97. The van der Waals surface area contributed by atoms with Crippen molar-refractivity contribution in [2.75, 3.05) is 5.32 Å². The Bertz CT molecular complexity index is 699. The second kappa shape index (κ2) is 7.11. The average Bonchev–Trinajstić information content (AvgIpc) is 3.03. The number of aromatic nitrogens is 3. The summed E-state index contributed by atoms with van der Waals surface area (Å²) in [7, 11) is 0. The Hall–Kier alpha value is -2.31. The summed E-state index contributed by atoms with van der Waals surface area (Å²) in [4.78, 5) is 12.7. The Balaban J connectivity index is 1.58. The highest BCUT2D eigenvalue weighted by Gasteiger charge is 2.11. The predicted octanol–water partition coefficient (Wildman–Crippen LogP) is 3.31. The zero-order valence-corrected chi connectivity index (χ0v) is 12.8. The largest absolute Gasteiger partial charge is 0.323 e. The zero-order valence-electron chi connectivity index (χ0n) is 12.0. The normalized spacial score (nSPS) is 12.0. The highest BCUT2D eigenvalue weighted by molar-refractivity contribution is 7.13. The molecule has 3 rings (SSSR count). The fraction of sp³-hybridized carbons (Fsp3) is 0.188. The number of hydrogen-bond acceptors (Lipinski definition) is 6. The molecule has 0 saturated heterocycles. The third-order valence-electron chi connectivity index (χ3n) is 3.29. The zero-order chi connectivity index (χ0) is 15.2. The van der Waals surface area contributed by atoms with Crippen molar-refractivity contribution in [2.45, 2.75) is 18.9 Å². The van der Waals surface area contributed by atoms with Gasteiger partial charge in [0.05, 0.1) is 11.9 Å². The molecule has 2 aromatic heterocycles. The molecule has 0 saturated carbocycles. The van der Waals surface area contributed by atoms with Crippen LogP contribution >= 0.6 is 11.3 Å². The van der Waals surface area contributed by atoms with Gasteiger partial charge in [-0.3, -0.25) is 4.98 Å². The molecule has 0 amide bonds. The van der Waals surface area contributed by atoms with Gasteiger partial charge < -0.3 is 11.1 Å². The molecule has 0 bridgehead atoms. The fourth-order valence-corrected chi connectivity index (χ4v) is 2.88. The fourth-order valence-electron chi connectivity index (χ4n) is 2.10. The lowest BCUT2D eigenvalue weighted by Gasteiger charge is -2.08. The SMILES string of the molecule is NC(CCc1ccccc1)c1csc(Nc2cnccn2)n1. The van der Waals surface area contributed by atoms with Crippen molar-refractivity contribution in [1.82, 2.24) is 15.0 Å². The molecule has 0 fully saturated rings. The van der Waals surface area contributed by atoms with Gasteiger partial charge >= 0.3 is 0 Å². The number of nitrogens with two attached hydrogens (primary N) is 1. The molecular formula is C16H17N5S. The van der Waals surface area contributed by atoms with E-state index in [1.807, 2.05) is 23.6 Å². The molecule has 1 unspecified atom stereocenters. The number of nitrogens with zero attached hydrogens (tertiary/aromatic N) is 3. The van der Waals surface area contributed by atoms with Gasteiger partial charge in [-0.25, -0.2) is 9.97 Å². The minimum absolute atomic E-state index is 0.0612. The minimum atomic E-state index is -0.0612. The second-order valence-corrected chi connectivity index (χ2v) is 5.78. The Labute approximate surface area is 133 Å². The van der Waals surface area contributed by atoms with Crippen molar-refractivity contribution >= 4 is 22.3 Å². The molecule has 3 aromatic rings. The maximum Gasteiger partial charge on any atom is 0.188 e. The summed E-state index contributed by atoms with van der Waals surface area (Å²) in [5.74, 6) is 0.682. The van der Waals surface area contributed by atoms with Gasteiger partial charge in [0, 0.05) is 23.8 Å². The summed E-state index contributed by atoms with van der Waals surface area (Å²) < 4.78 is 0. The quantitative estimate of drug-likeness (QED) is 0.730. The summed E-state index contributed by atoms with van der Waals surface area (Å²) in [5, 5.41) is 5.91. The first-order chi connectivity index (χ1) is 10.8. The molecule has 112 valence electrons. The van der Waals surface area contributed by atoms with Gasteiger partial charge in [0.25, 0.3) is 0 Å². The van der Waals surface area contributed by atoms with Gasteiger partial charge in [0.15, 0.2) is 10.9 Å². The summed E-state index contributed by atoms with van der Waals surface area (Å²) in [6.45, 7) is 0. The number of hydrogen-bond donors (Lipinski definition) is 2. The topological polar surface area (TPSA) is 76.7 Å². The first kappa shape index (κ1) is 14.6. The van der Waals surface area contributed by atoms with Crippen molar-refractivity contribution in [3.05, 3.63) is 65.6 Å². The smallest absolute Gasteiger partial charge is 0.188 e. The van der Waals surface area contributed by atoms with Crippen molar-refractivity contribution in [3.63, 3.8) is 0 Å². The number of nitrogens with one attached hydrogen (secondary N) is 1. The number of aryl methyl sites for hydroxylation is 1. The number of rotatable bonds is 6. The summed E-state index contributed by atoms with van der Waals surface area (Å²) in [5.41, 5.74) is 8.44. The van der Waals surface area contributed by atoms with E-state index >= 15 is 0 Å². The van der Waals surface area contributed by atoms with Crippen LogP contribution in [0.2, 0.25) is 0 Å². The van der Waals surface area contributed by atoms with Gasteiger partial charge in [0.2, 0.25) is 0 Å². The number of benzene rings is 1. The van der Waals surface area contributed by atoms with Crippen LogP contribution in [0.15, 0.2) is 54.3 Å². The Morgan fingerprint density at radius 3 is 2.82 bits per heavy atom. The van der Waals surface area contributed by atoms with Crippen molar-refractivity contribution < 1.29 is 0 Å². The first-order valence-electron chi connectivity index (χ1n) is 7.09. The van der Waals surface area contributed by atoms with E-state index in [1.54, 1.807) is 18.6 Å². The number of thiazole rings is 1. The van der Waals surface area contributed by atoms with Crippen LogP contribution in [0.3, 0.4) is 0 Å². The monoisotopic (exact) mass is 311 g/mol. The summed E-state index contributed by atoms with van der Waals surface area (Å²) in [6.07, 6.45) is 6.77. The molecule has 1 aromatic carbocycles. The van der Waals surface area contributed by atoms with Crippen LogP contribution in [-0.4, -0.2) is 15.0 Å². The minimum Gasteiger partial charge on any atom is -0.323 e. The molecule has 0 aliphatic heterocycles. The van der Waals surface area contributed by atoms with E-state index in [1.165, 1.54) is 16.9 Å². The average molecular weight is 311 g/mol. The molecule has 0 radical (unpaired) electrons. The van der Waals surface area contributed by atoms with Crippen LogP contribution in [0.4, 0.5) is 10.9 Å². The van der Waals surface area contributed by atoms with Gasteiger partial charge in [0.1, 0.15) is 0 Å². The lowest BCUT2D eigenvalue weighted by molar-refractivity contribution is 0.637. The third kappa shape index (κ3) is 3.87. The van der Waals surface area contributed by atoms with Crippen LogP contribution in [-0.2, 0) is 6.42 Å². The van der Waals surface area contributed by atoms with Gasteiger partial charge in [-0.05, 0) is 18.4 Å². The van der Waals surface area contributed by atoms with Crippen molar-refractivity contribution in [2.24, 2.45) is 5.73 Å². The molecule has 0 spiro atoms. The van der Waals surface area contributed by atoms with E-state index in [0.717, 1.165) is 23.7 Å². The van der Waals surface area contributed by atoms with Crippen molar-refractivity contribution in [3.8, 4) is 0 Å². The third-order valence-corrected chi connectivity index (χ3v) is 4.06. The Kier molecular flexibility index (Phi) is 4.72. The molecule has 1 atom stereocenters. The number of anilines is 2. The maximum absolute atomic E-state index is 6.24. The highest BCUT2D eigenvalue weighted by atomic mass is 32.1. The van der Waals surface area contributed by atoms with Crippen LogP contribution in [0.25, 0.3) is 0 Å². The van der Waals surface area contributed by atoms with Gasteiger partial charge in [-0.1, -0.05) is 30.3 Å². The van der Waals surface area contributed by atoms with E-state index in [-0.39, 0.29) is 6.04 Å². The van der Waals surface area contributed by atoms with E-state index in [4.69, 9.17) is 5.73 Å². The molecular weight excluding hydrogens is 294 g/mol. The second-order valence-electron chi connectivity index (χ2n) is 4.92. The van der Waals surface area contributed by atoms with Gasteiger partial charge in [-0.15, -0.1) is 11.3 Å². The van der Waals surface area contributed by atoms with E-state index < -0.39 is 0 Å². The Morgan fingerprint density at radius 2 is 2.05 bits per heavy atom. The maximum atomic E-state index is 6.24. The van der Waals surface area contributed by atoms with Crippen molar-refractivity contribution in [1.29, 1.82) is 0 Å². The van der Waals surface area contributed by atoms with E-state index in [0.29, 0.717) is 5.82 Å². The molecule has 6 heteroatoms. The predicted molar refractivity (Wildman–Crippen MR) is 89.1 cm³/mol. The molecule has 3 N–H and O–H groups in total. The lowest BCUT2D eigenvalue weighted by Crippen LogP contribution is -2.11. The molecule has 0 aliphatic rings.